The fourth-order valence-electron chi connectivity index (χ4n) is 2.58. The summed E-state index contributed by atoms with van der Waals surface area (Å²) in [6.45, 7) is 0.647. The highest BCUT2D eigenvalue weighted by Gasteiger charge is 2.15. The van der Waals surface area contributed by atoms with E-state index in [1.54, 1.807) is 0 Å². The van der Waals surface area contributed by atoms with Gasteiger partial charge in [0.25, 0.3) is 0 Å². The molecule has 23 heavy (non-hydrogen) atoms. The first kappa shape index (κ1) is 16.8. The molecule has 122 valence electrons. The molecule has 0 radical (unpaired) electrons. The summed E-state index contributed by atoms with van der Waals surface area (Å²) in [5, 5.41) is 4.81. The highest BCUT2D eigenvalue weighted by molar-refractivity contribution is 8.00. The van der Waals surface area contributed by atoms with Crippen molar-refractivity contribution in [2.75, 3.05) is 12.3 Å². The average molecular weight is 367 g/mol. The van der Waals surface area contributed by atoms with Crippen LogP contribution in [0.5, 0.6) is 0 Å². The van der Waals surface area contributed by atoms with Crippen molar-refractivity contribution in [2.24, 2.45) is 0 Å². The minimum atomic E-state index is 0.0382. The Morgan fingerprint density at radius 3 is 2.96 bits per heavy atom. The van der Waals surface area contributed by atoms with Crippen molar-refractivity contribution in [3.05, 3.63) is 44.9 Å². The second-order valence-electron chi connectivity index (χ2n) is 5.50. The van der Waals surface area contributed by atoms with E-state index in [0.29, 0.717) is 17.3 Å². The summed E-state index contributed by atoms with van der Waals surface area (Å²) >= 11 is 9.36. The number of nitrogens with zero attached hydrogens (tertiary/aromatic N) is 1. The molecule has 0 saturated carbocycles. The second-order valence-corrected chi connectivity index (χ2v) is 8.10. The third kappa shape index (κ3) is 4.72. The lowest BCUT2D eigenvalue weighted by atomic mass is 10.0. The van der Waals surface area contributed by atoms with Crippen LogP contribution < -0.4 is 5.32 Å². The summed E-state index contributed by atoms with van der Waals surface area (Å²) in [5.74, 6) is 0.425. The molecular weight excluding hydrogens is 348 g/mol. The topological polar surface area (TPSA) is 42.0 Å². The normalized spacial score (nSPS) is 13.6. The average Bonchev–Trinajstić information content (AvgIpc) is 2.97. The van der Waals surface area contributed by atoms with Crippen LogP contribution in [0, 0.1) is 0 Å². The van der Waals surface area contributed by atoms with Crippen molar-refractivity contribution in [2.45, 2.75) is 37.0 Å². The first-order valence-corrected chi connectivity index (χ1v) is 10.0. The van der Waals surface area contributed by atoms with Gasteiger partial charge in [0.1, 0.15) is 0 Å². The molecule has 1 aliphatic carbocycles. The fraction of sp³-hybridized carbons (Fsp3) is 0.412. The SMILES string of the molecule is O=C(CSc1ccccc1Cl)NCCc1nc2c(s1)CCCC2. The lowest BCUT2D eigenvalue weighted by Gasteiger charge is -2.06. The summed E-state index contributed by atoms with van der Waals surface area (Å²) in [6, 6.07) is 7.59. The molecule has 1 aromatic heterocycles. The van der Waals surface area contributed by atoms with E-state index in [1.165, 1.54) is 41.6 Å². The first-order valence-electron chi connectivity index (χ1n) is 7.84. The Labute approximate surface area is 149 Å². The maximum absolute atomic E-state index is 11.9. The molecule has 2 aromatic rings. The maximum atomic E-state index is 11.9. The second kappa shape index (κ2) is 8.18. The molecule has 3 nitrogen and oxygen atoms in total. The minimum Gasteiger partial charge on any atom is -0.355 e. The van der Waals surface area contributed by atoms with Gasteiger partial charge in [0.05, 0.1) is 21.5 Å². The highest BCUT2D eigenvalue weighted by atomic mass is 35.5. The molecule has 0 saturated heterocycles. The van der Waals surface area contributed by atoms with Gasteiger partial charge in [-0.2, -0.15) is 0 Å². The van der Waals surface area contributed by atoms with Crippen LogP contribution in [0.1, 0.15) is 28.4 Å². The fourth-order valence-corrected chi connectivity index (χ4v) is 4.80. The van der Waals surface area contributed by atoms with Crippen LogP contribution in [-0.2, 0) is 24.1 Å². The van der Waals surface area contributed by atoms with Crippen molar-refractivity contribution >= 4 is 40.6 Å². The summed E-state index contributed by atoms with van der Waals surface area (Å²) in [6.07, 6.45) is 5.65. The molecule has 0 fully saturated rings. The summed E-state index contributed by atoms with van der Waals surface area (Å²) < 4.78 is 0. The number of benzene rings is 1. The van der Waals surface area contributed by atoms with Gasteiger partial charge in [0.15, 0.2) is 0 Å². The molecule has 6 heteroatoms. The van der Waals surface area contributed by atoms with Gasteiger partial charge in [-0.3, -0.25) is 4.79 Å². The van der Waals surface area contributed by atoms with E-state index in [1.807, 2.05) is 35.6 Å². The van der Waals surface area contributed by atoms with E-state index in [0.717, 1.165) is 22.7 Å². The Hall–Kier alpha value is -1.04. The largest absolute Gasteiger partial charge is 0.355 e. The van der Waals surface area contributed by atoms with Gasteiger partial charge in [-0.05, 0) is 37.8 Å². The third-order valence-corrected chi connectivity index (χ3v) is 6.48. The van der Waals surface area contributed by atoms with E-state index in [-0.39, 0.29) is 5.91 Å². The monoisotopic (exact) mass is 366 g/mol. The van der Waals surface area contributed by atoms with Gasteiger partial charge in [0.2, 0.25) is 5.91 Å². The number of fused-ring (bicyclic) bond motifs is 1. The van der Waals surface area contributed by atoms with Crippen LogP contribution in [-0.4, -0.2) is 23.2 Å². The van der Waals surface area contributed by atoms with E-state index in [2.05, 4.69) is 5.32 Å². The molecule has 3 rings (SSSR count). The van der Waals surface area contributed by atoms with Gasteiger partial charge in [-0.1, -0.05) is 23.7 Å². The minimum absolute atomic E-state index is 0.0382. The predicted molar refractivity (Wildman–Crippen MR) is 97.6 cm³/mol. The lowest BCUT2D eigenvalue weighted by Crippen LogP contribution is -2.27. The molecule has 1 amide bonds. The molecule has 1 N–H and O–H groups in total. The number of thiazole rings is 1. The number of aryl methyl sites for hydroxylation is 2. The van der Waals surface area contributed by atoms with Crippen LogP contribution in [0.3, 0.4) is 0 Å². The zero-order chi connectivity index (χ0) is 16.1. The number of aromatic nitrogens is 1. The van der Waals surface area contributed by atoms with Crippen molar-refractivity contribution in [1.29, 1.82) is 0 Å². The van der Waals surface area contributed by atoms with Crippen molar-refractivity contribution in [3.8, 4) is 0 Å². The van der Waals surface area contributed by atoms with Gasteiger partial charge in [-0.15, -0.1) is 23.1 Å². The van der Waals surface area contributed by atoms with Gasteiger partial charge >= 0.3 is 0 Å². The quantitative estimate of drug-likeness (QED) is 0.781. The maximum Gasteiger partial charge on any atom is 0.230 e. The molecule has 0 aliphatic heterocycles. The standard InChI is InChI=1S/C17H19ClN2OS2/c18-12-5-1-3-7-14(12)22-11-16(21)19-10-9-17-20-13-6-2-4-8-15(13)23-17/h1,3,5,7H,2,4,6,8-11H2,(H,19,21). The van der Waals surface area contributed by atoms with Crippen LogP contribution in [0.4, 0.5) is 0 Å². The van der Waals surface area contributed by atoms with Crippen molar-refractivity contribution < 1.29 is 4.79 Å². The predicted octanol–water partition coefficient (Wildman–Crippen LogP) is 4.13. The number of carbonyl (C=O) groups excluding carboxylic acids is 1. The van der Waals surface area contributed by atoms with Crippen LogP contribution in [0.15, 0.2) is 29.2 Å². The van der Waals surface area contributed by atoms with Gasteiger partial charge < -0.3 is 5.32 Å². The highest BCUT2D eigenvalue weighted by Crippen LogP contribution is 2.27. The number of nitrogens with one attached hydrogen (secondary N) is 1. The Morgan fingerprint density at radius 1 is 1.30 bits per heavy atom. The van der Waals surface area contributed by atoms with E-state index < -0.39 is 0 Å². The van der Waals surface area contributed by atoms with Crippen molar-refractivity contribution in [1.82, 2.24) is 10.3 Å². The summed E-state index contributed by atoms with van der Waals surface area (Å²) in [4.78, 5) is 19.0. The number of thioether (sulfide) groups is 1. The first-order chi connectivity index (χ1) is 11.2. The molecular formula is C17H19ClN2OS2. The number of halogens is 1. The molecule has 1 heterocycles. The Kier molecular flexibility index (Phi) is 5.97. The van der Waals surface area contributed by atoms with Crippen LogP contribution in [0.2, 0.25) is 5.02 Å². The lowest BCUT2D eigenvalue weighted by molar-refractivity contribution is -0.118. The van der Waals surface area contributed by atoms with Gasteiger partial charge in [-0.25, -0.2) is 4.98 Å². The molecule has 0 atom stereocenters. The number of rotatable bonds is 6. The Balaban J connectivity index is 1.41. The number of amides is 1. The van der Waals surface area contributed by atoms with Crippen LogP contribution in [0.25, 0.3) is 0 Å². The zero-order valence-corrected chi connectivity index (χ0v) is 15.2. The molecule has 1 aliphatic rings. The number of hydrogen-bond acceptors (Lipinski definition) is 4. The summed E-state index contributed by atoms with van der Waals surface area (Å²) in [5.41, 5.74) is 1.29. The smallest absolute Gasteiger partial charge is 0.230 e. The number of carbonyl (C=O) groups is 1. The molecule has 0 spiro atoms. The van der Waals surface area contributed by atoms with E-state index in [4.69, 9.17) is 16.6 Å². The van der Waals surface area contributed by atoms with Crippen molar-refractivity contribution in [3.63, 3.8) is 0 Å². The van der Waals surface area contributed by atoms with Gasteiger partial charge in [0, 0.05) is 22.7 Å². The van der Waals surface area contributed by atoms with Crippen LogP contribution >= 0.6 is 34.7 Å². The number of hydrogen-bond donors (Lipinski definition) is 1. The Bertz CT molecular complexity index is 663. The molecule has 0 bridgehead atoms. The molecule has 1 aromatic carbocycles. The summed E-state index contributed by atoms with van der Waals surface area (Å²) in [7, 11) is 0. The van der Waals surface area contributed by atoms with E-state index >= 15 is 0 Å². The zero-order valence-electron chi connectivity index (χ0n) is 12.8. The van der Waals surface area contributed by atoms with E-state index in [9.17, 15) is 4.79 Å². The Morgan fingerprint density at radius 2 is 2.13 bits per heavy atom. The molecule has 0 unspecified atom stereocenters. The third-order valence-electron chi connectivity index (χ3n) is 3.75.